The Morgan fingerprint density at radius 1 is 0.733 bits per heavy atom. The topological polar surface area (TPSA) is 51.4 Å². The van der Waals surface area contributed by atoms with Crippen LogP contribution in [0.2, 0.25) is 0 Å². The second kappa shape index (κ2) is 9.37. The van der Waals surface area contributed by atoms with E-state index in [-0.39, 0.29) is 0 Å². The van der Waals surface area contributed by atoms with Crippen molar-refractivity contribution in [1.82, 2.24) is 15.1 Å². The summed E-state index contributed by atoms with van der Waals surface area (Å²) < 4.78 is 11.8. The minimum absolute atomic E-state index is 0.493. The highest BCUT2D eigenvalue weighted by atomic mass is 16.5. The number of aromatic nitrogens is 2. The van der Waals surface area contributed by atoms with Crippen molar-refractivity contribution in [1.29, 1.82) is 0 Å². The van der Waals surface area contributed by atoms with Crippen LogP contribution in [0.3, 0.4) is 0 Å². The summed E-state index contributed by atoms with van der Waals surface area (Å²) in [5.74, 6) is 1.84. The summed E-state index contributed by atoms with van der Waals surface area (Å²) in [4.78, 5) is 2.15. The number of rotatable bonds is 8. The Hall–Kier alpha value is -3.44. The Morgan fingerprint density at radius 2 is 1.40 bits per heavy atom. The molecule has 0 saturated carbocycles. The van der Waals surface area contributed by atoms with Crippen molar-refractivity contribution < 1.29 is 9.15 Å². The summed E-state index contributed by atoms with van der Waals surface area (Å²) in [7, 11) is 4.12. The van der Waals surface area contributed by atoms with Crippen LogP contribution in [0.4, 0.5) is 0 Å². The third-order valence-electron chi connectivity index (χ3n) is 4.79. The molecular weight excluding hydrogens is 374 g/mol. The summed E-state index contributed by atoms with van der Waals surface area (Å²) in [6.07, 6.45) is 0.989. The second-order valence-electron chi connectivity index (χ2n) is 7.35. The number of nitrogens with zero attached hydrogens (tertiary/aromatic N) is 3. The predicted molar refractivity (Wildman–Crippen MR) is 119 cm³/mol. The van der Waals surface area contributed by atoms with Gasteiger partial charge in [-0.15, -0.1) is 10.2 Å². The van der Waals surface area contributed by atoms with Crippen LogP contribution in [-0.2, 0) is 0 Å². The number of benzene rings is 3. The van der Waals surface area contributed by atoms with Crippen LogP contribution in [0.15, 0.2) is 83.3 Å². The molecule has 1 heterocycles. The van der Waals surface area contributed by atoms with E-state index in [0.717, 1.165) is 41.0 Å². The van der Waals surface area contributed by atoms with Crippen molar-refractivity contribution in [3.05, 3.63) is 78.9 Å². The molecule has 0 N–H and O–H groups in total. The highest BCUT2D eigenvalue weighted by molar-refractivity contribution is 5.80. The molecule has 0 aliphatic carbocycles. The minimum atomic E-state index is 0.493. The molecule has 3 aromatic carbocycles. The van der Waals surface area contributed by atoms with E-state index in [9.17, 15) is 0 Å². The highest BCUT2D eigenvalue weighted by Gasteiger charge is 2.14. The molecule has 152 valence electrons. The van der Waals surface area contributed by atoms with Crippen molar-refractivity contribution in [3.8, 4) is 39.8 Å². The SMILES string of the molecule is CN(C)CCCOc1ccc(-c2nnc(-c3ccccc3-c3ccccc3)o2)cc1. The van der Waals surface area contributed by atoms with Crippen LogP contribution in [0, 0.1) is 0 Å². The molecule has 0 spiro atoms. The second-order valence-corrected chi connectivity index (χ2v) is 7.35. The molecule has 0 radical (unpaired) electrons. The maximum Gasteiger partial charge on any atom is 0.248 e. The fraction of sp³-hybridized carbons (Fsp3) is 0.200. The van der Waals surface area contributed by atoms with Gasteiger partial charge in [-0.2, -0.15) is 0 Å². The maximum atomic E-state index is 6.01. The molecule has 30 heavy (non-hydrogen) atoms. The Bertz CT molecular complexity index is 1070. The van der Waals surface area contributed by atoms with E-state index in [0.29, 0.717) is 18.4 Å². The van der Waals surface area contributed by atoms with Crippen LogP contribution >= 0.6 is 0 Å². The normalized spacial score (nSPS) is 11.0. The molecule has 0 fully saturated rings. The van der Waals surface area contributed by atoms with E-state index in [1.807, 2.05) is 60.7 Å². The molecule has 0 saturated heterocycles. The highest BCUT2D eigenvalue weighted by Crippen LogP contribution is 2.32. The Morgan fingerprint density at radius 3 is 2.13 bits per heavy atom. The zero-order chi connectivity index (χ0) is 20.8. The van der Waals surface area contributed by atoms with Crippen molar-refractivity contribution >= 4 is 0 Å². The first-order chi connectivity index (χ1) is 14.7. The van der Waals surface area contributed by atoms with E-state index < -0.39 is 0 Å². The van der Waals surface area contributed by atoms with E-state index in [1.54, 1.807) is 0 Å². The van der Waals surface area contributed by atoms with E-state index in [2.05, 4.69) is 47.4 Å². The number of ether oxygens (including phenoxy) is 1. The quantitative estimate of drug-likeness (QED) is 0.371. The van der Waals surface area contributed by atoms with Gasteiger partial charge in [0.15, 0.2) is 0 Å². The molecule has 4 aromatic rings. The lowest BCUT2D eigenvalue weighted by Crippen LogP contribution is -2.15. The molecule has 0 bridgehead atoms. The summed E-state index contributed by atoms with van der Waals surface area (Å²) in [5, 5.41) is 8.56. The average molecular weight is 399 g/mol. The van der Waals surface area contributed by atoms with Crippen molar-refractivity contribution in [2.24, 2.45) is 0 Å². The van der Waals surface area contributed by atoms with Gasteiger partial charge in [-0.05, 0) is 62.0 Å². The first-order valence-electron chi connectivity index (χ1n) is 10.1. The molecule has 5 heteroatoms. The van der Waals surface area contributed by atoms with Gasteiger partial charge in [0, 0.05) is 17.7 Å². The number of hydrogen-bond acceptors (Lipinski definition) is 5. The largest absolute Gasteiger partial charge is 0.494 e. The molecule has 0 aliphatic heterocycles. The number of hydrogen-bond donors (Lipinski definition) is 0. The Kier molecular flexibility index (Phi) is 6.20. The first-order valence-corrected chi connectivity index (χ1v) is 10.1. The van der Waals surface area contributed by atoms with Crippen molar-refractivity contribution in [2.45, 2.75) is 6.42 Å². The van der Waals surface area contributed by atoms with Crippen LogP contribution in [0.1, 0.15) is 6.42 Å². The van der Waals surface area contributed by atoms with Crippen LogP contribution in [0.25, 0.3) is 34.0 Å². The van der Waals surface area contributed by atoms with Crippen molar-refractivity contribution in [2.75, 3.05) is 27.2 Å². The Balaban J connectivity index is 1.50. The van der Waals surface area contributed by atoms with E-state index >= 15 is 0 Å². The monoisotopic (exact) mass is 399 g/mol. The maximum absolute atomic E-state index is 6.01. The van der Waals surface area contributed by atoms with Gasteiger partial charge < -0.3 is 14.1 Å². The summed E-state index contributed by atoms with van der Waals surface area (Å²) in [5.41, 5.74) is 3.97. The summed E-state index contributed by atoms with van der Waals surface area (Å²) >= 11 is 0. The lowest BCUT2D eigenvalue weighted by Gasteiger charge is -2.10. The third kappa shape index (κ3) is 4.75. The zero-order valence-electron chi connectivity index (χ0n) is 17.3. The average Bonchev–Trinajstić information content (AvgIpc) is 3.28. The van der Waals surface area contributed by atoms with Gasteiger partial charge in [-0.1, -0.05) is 48.5 Å². The van der Waals surface area contributed by atoms with Crippen LogP contribution < -0.4 is 4.74 Å². The van der Waals surface area contributed by atoms with Crippen LogP contribution in [-0.4, -0.2) is 42.3 Å². The molecule has 0 unspecified atom stereocenters. The molecule has 5 nitrogen and oxygen atoms in total. The van der Waals surface area contributed by atoms with E-state index in [1.165, 1.54) is 0 Å². The molecular formula is C25H25N3O2. The fourth-order valence-corrected chi connectivity index (χ4v) is 3.25. The standard InChI is InChI=1S/C25H25N3O2/c1-28(2)17-8-18-29-21-15-13-20(14-16-21)24-26-27-25(30-24)23-12-7-6-11-22(23)19-9-4-3-5-10-19/h3-7,9-16H,8,17-18H2,1-2H3. The predicted octanol–water partition coefficient (Wildman–Crippen LogP) is 5.40. The molecule has 0 atom stereocenters. The molecule has 0 aliphatic rings. The van der Waals surface area contributed by atoms with Gasteiger partial charge in [-0.25, -0.2) is 0 Å². The lowest BCUT2D eigenvalue weighted by atomic mass is 10.00. The zero-order valence-corrected chi connectivity index (χ0v) is 17.3. The van der Waals surface area contributed by atoms with Gasteiger partial charge >= 0.3 is 0 Å². The smallest absolute Gasteiger partial charge is 0.248 e. The molecule has 1 aromatic heterocycles. The van der Waals surface area contributed by atoms with Gasteiger partial charge in [-0.3, -0.25) is 0 Å². The third-order valence-corrected chi connectivity index (χ3v) is 4.79. The molecule has 4 rings (SSSR count). The Labute approximate surface area is 177 Å². The minimum Gasteiger partial charge on any atom is -0.494 e. The van der Waals surface area contributed by atoms with Crippen LogP contribution in [0.5, 0.6) is 5.75 Å². The summed E-state index contributed by atoms with van der Waals surface area (Å²) in [6.45, 7) is 1.70. The summed E-state index contributed by atoms with van der Waals surface area (Å²) in [6, 6.07) is 26.0. The van der Waals surface area contributed by atoms with Gasteiger partial charge in [0.1, 0.15) is 5.75 Å². The van der Waals surface area contributed by atoms with Crippen molar-refractivity contribution in [3.63, 3.8) is 0 Å². The van der Waals surface area contributed by atoms with Gasteiger partial charge in [0.2, 0.25) is 11.8 Å². The lowest BCUT2D eigenvalue weighted by molar-refractivity contribution is 0.281. The van der Waals surface area contributed by atoms with E-state index in [4.69, 9.17) is 9.15 Å². The fourth-order valence-electron chi connectivity index (χ4n) is 3.25. The molecule has 0 amide bonds. The van der Waals surface area contributed by atoms with Gasteiger partial charge in [0.05, 0.1) is 6.61 Å². The first kappa shape index (κ1) is 19.9. The van der Waals surface area contributed by atoms with Gasteiger partial charge in [0.25, 0.3) is 0 Å².